The molecule has 2 aromatic rings. The van der Waals surface area contributed by atoms with Gasteiger partial charge in [0.1, 0.15) is 0 Å². The second-order valence-corrected chi connectivity index (χ2v) is 8.65. The van der Waals surface area contributed by atoms with Gasteiger partial charge in [-0.25, -0.2) is 0 Å². The van der Waals surface area contributed by atoms with Crippen LogP contribution >= 0.6 is 0 Å². The van der Waals surface area contributed by atoms with Crippen molar-refractivity contribution < 1.29 is 0 Å². The number of aryl methyl sites for hydroxylation is 5. The van der Waals surface area contributed by atoms with Gasteiger partial charge in [-0.3, -0.25) is 0 Å². The molecular weight excluding hydrogens is 480 g/mol. The molecule has 0 saturated heterocycles. The van der Waals surface area contributed by atoms with Crippen LogP contribution in [0.2, 0.25) is 0 Å². The van der Waals surface area contributed by atoms with Gasteiger partial charge in [0.2, 0.25) is 0 Å². The first kappa shape index (κ1) is 53.6. The highest BCUT2D eigenvalue weighted by atomic mass is 14.0. The van der Waals surface area contributed by atoms with E-state index in [1.54, 1.807) is 0 Å². The van der Waals surface area contributed by atoms with Crippen molar-refractivity contribution in [2.45, 2.75) is 138 Å². The third kappa shape index (κ3) is 45.3. The third-order valence-electron chi connectivity index (χ3n) is 4.09. The zero-order chi connectivity index (χ0) is 32.4. The fraction of sp³-hybridized carbons (Fsp3) is 0.500. The molecule has 234 valence electrons. The number of rotatable bonds is 3. The zero-order valence-electron chi connectivity index (χ0n) is 29.7. The Morgan fingerprint density at radius 3 is 1.25 bits per heavy atom. The van der Waals surface area contributed by atoms with Crippen LogP contribution in [0.15, 0.2) is 79.4 Å². The molecule has 0 aliphatic rings. The molecule has 0 aliphatic heterocycles. The normalized spacial score (nSPS) is 8.07. The first-order valence-corrected chi connectivity index (χ1v) is 15.0. The Hall–Kier alpha value is -2.60. The van der Waals surface area contributed by atoms with Gasteiger partial charge in [0, 0.05) is 0 Å². The second kappa shape index (κ2) is 43.5. The van der Waals surface area contributed by atoms with E-state index in [2.05, 4.69) is 125 Å². The second-order valence-electron chi connectivity index (χ2n) is 8.65. The van der Waals surface area contributed by atoms with Crippen LogP contribution < -0.4 is 0 Å². The highest BCUT2D eigenvalue weighted by Crippen LogP contribution is 2.14. The van der Waals surface area contributed by atoms with Gasteiger partial charge < -0.3 is 0 Å². The minimum Gasteiger partial charge on any atom is -0.103 e. The van der Waals surface area contributed by atoms with E-state index in [0.29, 0.717) is 0 Å². The fourth-order valence-corrected chi connectivity index (χ4v) is 2.11. The molecule has 0 N–H and O–H groups in total. The maximum absolute atomic E-state index is 3.74. The molecule has 2 aromatic carbocycles. The van der Waals surface area contributed by atoms with Crippen molar-refractivity contribution in [2.24, 2.45) is 0 Å². The lowest BCUT2D eigenvalue weighted by Crippen LogP contribution is -1.82. The summed E-state index contributed by atoms with van der Waals surface area (Å²) in [6.07, 6.45) is 8.25. The summed E-state index contributed by atoms with van der Waals surface area (Å²) in [5.74, 6) is 0. The highest BCUT2D eigenvalue weighted by molar-refractivity contribution is 5.59. The molecule has 0 aromatic heterocycles. The van der Waals surface area contributed by atoms with Gasteiger partial charge >= 0.3 is 0 Å². The Morgan fingerprint density at radius 2 is 0.975 bits per heavy atom. The first-order chi connectivity index (χ1) is 18.4. The van der Waals surface area contributed by atoms with E-state index in [0.717, 1.165) is 6.42 Å². The van der Waals surface area contributed by atoms with E-state index in [4.69, 9.17) is 0 Å². The molecule has 0 atom stereocenters. The summed E-state index contributed by atoms with van der Waals surface area (Å²) in [6, 6.07) is 13.0. The molecule has 0 spiro atoms. The lowest BCUT2D eigenvalue weighted by Gasteiger charge is -2.02. The Kier molecular flexibility index (Phi) is 58.2. The summed E-state index contributed by atoms with van der Waals surface area (Å²) in [7, 11) is 0. The van der Waals surface area contributed by atoms with Crippen LogP contribution in [0.3, 0.4) is 0 Å². The molecule has 0 heterocycles. The zero-order valence-corrected chi connectivity index (χ0v) is 29.7. The quantitative estimate of drug-likeness (QED) is 0.261. The Balaban J connectivity index is -0.0000000707. The molecule has 0 fully saturated rings. The number of allylic oxidation sites excluding steroid dienone is 4. The molecule has 0 unspecified atom stereocenters. The number of hydrogen-bond acceptors (Lipinski definition) is 0. The van der Waals surface area contributed by atoms with Crippen LogP contribution in [0.4, 0.5) is 0 Å². The molecule has 0 saturated carbocycles. The van der Waals surface area contributed by atoms with E-state index < -0.39 is 0 Å². The van der Waals surface area contributed by atoms with Crippen molar-refractivity contribution in [3.8, 4) is 0 Å². The van der Waals surface area contributed by atoms with Gasteiger partial charge in [0.25, 0.3) is 0 Å². The monoisotopic (exact) mass is 555 g/mol. The largest absolute Gasteiger partial charge is 0.103 e. The van der Waals surface area contributed by atoms with E-state index in [-0.39, 0.29) is 7.43 Å². The van der Waals surface area contributed by atoms with Gasteiger partial charge in [-0.15, -0.1) is 13.2 Å². The molecule has 0 nitrogen and oxygen atoms in total. The van der Waals surface area contributed by atoms with Crippen LogP contribution in [0.5, 0.6) is 0 Å². The molecule has 0 amide bonds. The van der Waals surface area contributed by atoms with Gasteiger partial charge in [0.05, 0.1) is 0 Å². The average molecular weight is 555 g/mol. The summed E-state index contributed by atoms with van der Waals surface area (Å²) in [6.45, 7) is 45.7. The van der Waals surface area contributed by atoms with E-state index >= 15 is 0 Å². The lowest BCUT2D eigenvalue weighted by molar-refractivity contribution is 1.09. The van der Waals surface area contributed by atoms with Crippen molar-refractivity contribution in [3.63, 3.8) is 0 Å². The molecule has 0 aliphatic carbocycles. The molecule has 40 heavy (non-hydrogen) atoms. The summed E-state index contributed by atoms with van der Waals surface area (Å²) < 4.78 is 0. The Labute approximate surface area is 256 Å². The molecule has 0 heteroatoms. The third-order valence-corrected chi connectivity index (χ3v) is 4.09. The minimum atomic E-state index is 0. The van der Waals surface area contributed by atoms with Gasteiger partial charge in [0.15, 0.2) is 0 Å². The van der Waals surface area contributed by atoms with Crippen LogP contribution in [-0.2, 0) is 0 Å². The van der Waals surface area contributed by atoms with Crippen LogP contribution in [0, 0.1) is 34.6 Å². The molecule has 0 radical (unpaired) electrons. The standard InChI is InChI=1S/C13H16.C9H12.2C4H8.C3H8.3C2H6.CH4/c1-5-10(2)8-13-9-11(3)6-7-12(13)4;1-7-4-5-8(2)9(3)6-7;1-4(2)3;1-3-4-2;1-3-2;3*1-2;/h5-9H,1H2,2-4H3;4-6H,1-3H3;1H2,2-3H3;3H,1,4H2,2H3;3H2,1-2H3;3*1-2H3;1H4/b10-8+;;;;;;;;. The molecule has 0 bridgehead atoms. The maximum atomic E-state index is 3.74. The Morgan fingerprint density at radius 1 is 0.650 bits per heavy atom. The maximum Gasteiger partial charge on any atom is -0.0222 e. The smallest absolute Gasteiger partial charge is 0.0222 e. The predicted octanol–water partition coefficient (Wildman–Crippen LogP) is 14.8. The highest BCUT2D eigenvalue weighted by Gasteiger charge is 1.94. The van der Waals surface area contributed by atoms with Gasteiger partial charge in [-0.2, -0.15) is 0 Å². The number of hydrogen-bond donors (Lipinski definition) is 0. The van der Waals surface area contributed by atoms with Crippen molar-refractivity contribution >= 4 is 6.08 Å². The van der Waals surface area contributed by atoms with Crippen LogP contribution in [0.1, 0.15) is 137 Å². The number of benzene rings is 2. The average Bonchev–Trinajstić information content (AvgIpc) is 2.92. The molecule has 2 rings (SSSR count). The van der Waals surface area contributed by atoms with E-state index in [1.165, 1.54) is 50.9 Å². The van der Waals surface area contributed by atoms with Gasteiger partial charge in [-0.1, -0.05) is 160 Å². The summed E-state index contributed by atoms with van der Waals surface area (Å²) in [4.78, 5) is 0. The minimum absolute atomic E-state index is 0. The summed E-state index contributed by atoms with van der Waals surface area (Å²) in [5.41, 5.74) is 10.4. The van der Waals surface area contributed by atoms with Crippen molar-refractivity contribution in [2.75, 3.05) is 0 Å². The van der Waals surface area contributed by atoms with E-state index in [1.807, 2.05) is 67.5 Å². The first-order valence-electron chi connectivity index (χ1n) is 15.0. The Bertz CT molecular complexity index is 827. The topological polar surface area (TPSA) is 0 Å². The van der Waals surface area contributed by atoms with Crippen LogP contribution in [0.25, 0.3) is 6.08 Å². The SMILES string of the molecule is C.C=C(C)C.C=C/C(C)=C/c1cc(C)ccc1C.C=CCC.CC.CC.CC.CCC.Cc1ccc(C)c(C)c1. The van der Waals surface area contributed by atoms with Gasteiger partial charge in [-0.05, 0) is 84.1 Å². The van der Waals surface area contributed by atoms with Crippen LogP contribution in [-0.4, -0.2) is 0 Å². The predicted molar refractivity (Wildman–Crippen MR) is 198 cm³/mol. The summed E-state index contributed by atoms with van der Waals surface area (Å²) in [5, 5.41) is 0. The van der Waals surface area contributed by atoms with E-state index in [9.17, 15) is 0 Å². The summed E-state index contributed by atoms with van der Waals surface area (Å²) >= 11 is 0. The molecular formula is C40H74. The lowest BCUT2D eigenvalue weighted by atomic mass is 10.0. The van der Waals surface area contributed by atoms with Crippen molar-refractivity contribution in [1.29, 1.82) is 0 Å². The fourth-order valence-electron chi connectivity index (χ4n) is 2.11. The van der Waals surface area contributed by atoms with Crippen molar-refractivity contribution in [3.05, 3.63) is 113 Å². The van der Waals surface area contributed by atoms with Crippen molar-refractivity contribution in [1.82, 2.24) is 0 Å².